The van der Waals surface area contributed by atoms with Gasteiger partial charge in [-0.15, -0.1) is 0 Å². The summed E-state index contributed by atoms with van der Waals surface area (Å²) in [7, 11) is 0. The maximum absolute atomic E-state index is 9.55. The zero-order chi connectivity index (χ0) is 14.5. The van der Waals surface area contributed by atoms with E-state index in [-0.39, 0.29) is 0 Å². The van der Waals surface area contributed by atoms with Crippen molar-refractivity contribution >= 4 is 15.9 Å². The van der Waals surface area contributed by atoms with Gasteiger partial charge in [0.15, 0.2) is 0 Å². The quantitative estimate of drug-likeness (QED) is 0.809. The fourth-order valence-corrected chi connectivity index (χ4v) is 2.48. The number of benzene rings is 2. The average Bonchev–Trinajstić information content (AvgIpc) is 2.43. The van der Waals surface area contributed by atoms with Gasteiger partial charge in [-0.3, -0.25) is 0 Å². The van der Waals surface area contributed by atoms with Gasteiger partial charge in [-0.1, -0.05) is 31.5 Å². The Balaban J connectivity index is 2.13. The number of ether oxygens (including phenoxy) is 1. The Morgan fingerprint density at radius 1 is 1.15 bits per heavy atom. The van der Waals surface area contributed by atoms with E-state index >= 15 is 0 Å². The van der Waals surface area contributed by atoms with Crippen LogP contribution in [0.3, 0.4) is 0 Å². The van der Waals surface area contributed by atoms with Crippen molar-refractivity contribution in [3.63, 3.8) is 0 Å². The first-order chi connectivity index (χ1) is 9.60. The molecule has 106 valence electrons. The van der Waals surface area contributed by atoms with Gasteiger partial charge in [0, 0.05) is 0 Å². The van der Waals surface area contributed by atoms with Gasteiger partial charge in [-0.05, 0) is 64.7 Å². The van der Waals surface area contributed by atoms with Crippen LogP contribution in [0.1, 0.15) is 37.5 Å². The molecule has 2 nitrogen and oxygen atoms in total. The number of aliphatic hydroxyl groups excluding tert-OH is 1. The minimum atomic E-state index is -0.478. The predicted molar refractivity (Wildman–Crippen MR) is 85.3 cm³/mol. The molecule has 1 N–H and O–H groups in total. The molecule has 0 radical (unpaired) electrons. The Labute approximate surface area is 128 Å². The molecule has 2 rings (SSSR count). The Bertz CT molecular complexity index is 562. The maximum Gasteiger partial charge on any atom is 0.141 e. The Morgan fingerprint density at radius 2 is 1.85 bits per heavy atom. The summed E-state index contributed by atoms with van der Waals surface area (Å²) in [6, 6.07) is 13.8. The minimum Gasteiger partial charge on any atom is -0.456 e. The van der Waals surface area contributed by atoms with Gasteiger partial charge in [0.2, 0.25) is 0 Å². The first kappa shape index (κ1) is 15.1. The normalized spacial score (nSPS) is 12.2. The van der Waals surface area contributed by atoms with E-state index in [4.69, 9.17) is 4.74 Å². The molecule has 0 unspecified atom stereocenters. The van der Waals surface area contributed by atoms with Crippen LogP contribution in [-0.4, -0.2) is 5.11 Å². The SMILES string of the molecule is CCCc1ccc(Oc2ccc([C@H](C)O)cc2Br)cc1. The molecule has 2 aromatic carbocycles. The maximum atomic E-state index is 9.55. The Morgan fingerprint density at radius 3 is 2.40 bits per heavy atom. The third-order valence-electron chi connectivity index (χ3n) is 3.13. The minimum absolute atomic E-state index is 0.478. The molecule has 0 spiro atoms. The first-order valence-corrected chi connectivity index (χ1v) is 7.63. The van der Waals surface area contributed by atoms with Crippen LogP contribution in [0.15, 0.2) is 46.9 Å². The van der Waals surface area contributed by atoms with Gasteiger partial charge in [-0.2, -0.15) is 0 Å². The van der Waals surface area contributed by atoms with Gasteiger partial charge in [0.25, 0.3) is 0 Å². The van der Waals surface area contributed by atoms with Crippen LogP contribution in [0.2, 0.25) is 0 Å². The molecule has 0 saturated carbocycles. The molecule has 0 aromatic heterocycles. The fourth-order valence-electron chi connectivity index (χ4n) is 2.00. The highest BCUT2D eigenvalue weighted by Gasteiger charge is 2.07. The first-order valence-electron chi connectivity index (χ1n) is 6.84. The lowest BCUT2D eigenvalue weighted by molar-refractivity contribution is 0.199. The summed E-state index contributed by atoms with van der Waals surface area (Å²) in [6.45, 7) is 3.92. The van der Waals surface area contributed by atoms with E-state index in [1.807, 2.05) is 30.3 Å². The molecule has 0 aliphatic carbocycles. The van der Waals surface area contributed by atoms with E-state index in [1.165, 1.54) is 5.56 Å². The molecule has 0 aliphatic rings. The average molecular weight is 335 g/mol. The second-order valence-electron chi connectivity index (χ2n) is 4.86. The third kappa shape index (κ3) is 3.84. The number of halogens is 1. The van der Waals surface area contributed by atoms with E-state index in [0.717, 1.165) is 34.4 Å². The molecule has 0 fully saturated rings. The molecular weight excluding hydrogens is 316 g/mol. The highest BCUT2D eigenvalue weighted by atomic mass is 79.9. The van der Waals surface area contributed by atoms with Crippen molar-refractivity contribution in [2.24, 2.45) is 0 Å². The lowest BCUT2D eigenvalue weighted by atomic mass is 10.1. The molecule has 3 heteroatoms. The number of rotatable bonds is 5. The Kier molecular flexibility index (Phi) is 5.21. The summed E-state index contributed by atoms with van der Waals surface area (Å²) in [6.07, 6.45) is 1.76. The van der Waals surface area contributed by atoms with Crippen LogP contribution in [0.25, 0.3) is 0 Å². The van der Waals surface area contributed by atoms with Gasteiger partial charge in [-0.25, -0.2) is 0 Å². The summed E-state index contributed by atoms with van der Waals surface area (Å²) in [5, 5.41) is 9.55. The van der Waals surface area contributed by atoms with Crippen LogP contribution in [0.4, 0.5) is 0 Å². The van der Waals surface area contributed by atoms with Crippen LogP contribution in [-0.2, 0) is 6.42 Å². The zero-order valence-electron chi connectivity index (χ0n) is 11.8. The fraction of sp³-hybridized carbons (Fsp3) is 0.294. The summed E-state index contributed by atoms with van der Waals surface area (Å²) in [5.74, 6) is 1.56. The second-order valence-corrected chi connectivity index (χ2v) is 5.72. The lowest BCUT2D eigenvalue weighted by Gasteiger charge is -2.11. The van der Waals surface area contributed by atoms with Crippen molar-refractivity contribution in [1.29, 1.82) is 0 Å². The number of hydrogen-bond donors (Lipinski definition) is 1. The molecule has 0 amide bonds. The molecular formula is C17H19BrO2. The van der Waals surface area contributed by atoms with Gasteiger partial charge >= 0.3 is 0 Å². The molecule has 1 atom stereocenters. The van der Waals surface area contributed by atoms with E-state index in [2.05, 4.69) is 35.0 Å². The lowest BCUT2D eigenvalue weighted by Crippen LogP contribution is -1.92. The second kappa shape index (κ2) is 6.91. The van der Waals surface area contributed by atoms with E-state index in [0.29, 0.717) is 0 Å². The zero-order valence-corrected chi connectivity index (χ0v) is 13.4. The monoisotopic (exact) mass is 334 g/mol. The van der Waals surface area contributed by atoms with Crippen molar-refractivity contribution < 1.29 is 9.84 Å². The van der Waals surface area contributed by atoms with Crippen molar-refractivity contribution in [3.05, 3.63) is 58.1 Å². The van der Waals surface area contributed by atoms with Gasteiger partial charge < -0.3 is 9.84 Å². The van der Waals surface area contributed by atoms with Crippen LogP contribution in [0, 0.1) is 0 Å². The van der Waals surface area contributed by atoms with Gasteiger partial charge in [0.05, 0.1) is 10.6 Å². The van der Waals surface area contributed by atoms with E-state index in [1.54, 1.807) is 6.92 Å². The van der Waals surface area contributed by atoms with Crippen LogP contribution < -0.4 is 4.74 Å². The van der Waals surface area contributed by atoms with Gasteiger partial charge in [0.1, 0.15) is 11.5 Å². The van der Waals surface area contributed by atoms with Crippen LogP contribution in [0.5, 0.6) is 11.5 Å². The number of aliphatic hydroxyl groups is 1. The molecule has 0 aliphatic heterocycles. The van der Waals surface area contributed by atoms with Crippen LogP contribution >= 0.6 is 15.9 Å². The standard InChI is InChI=1S/C17H19BrO2/c1-3-4-13-5-8-15(9-6-13)20-17-10-7-14(12(2)19)11-16(17)18/h5-12,19H,3-4H2,1-2H3/t12-/m0/s1. The largest absolute Gasteiger partial charge is 0.456 e. The highest BCUT2D eigenvalue weighted by molar-refractivity contribution is 9.10. The van der Waals surface area contributed by atoms with Crippen molar-refractivity contribution in [3.8, 4) is 11.5 Å². The molecule has 0 saturated heterocycles. The molecule has 0 bridgehead atoms. The van der Waals surface area contributed by atoms with Crippen molar-refractivity contribution in [2.75, 3.05) is 0 Å². The third-order valence-corrected chi connectivity index (χ3v) is 3.75. The Hall–Kier alpha value is -1.32. The molecule has 0 heterocycles. The van der Waals surface area contributed by atoms with Crippen molar-refractivity contribution in [2.45, 2.75) is 32.8 Å². The predicted octanol–water partition coefficient (Wildman–Crippen LogP) is 5.25. The molecule has 20 heavy (non-hydrogen) atoms. The van der Waals surface area contributed by atoms with E-state index < -0.39 is 6.10 Å². The number of aryl methyl sites for hydroxylation is 1. The summed E-state index contributed by atoms with van der Waals surface area (Å²) < 4.78 is 6.69. The van der Waals surface area contributed by atoms with Crippen molar-refractivity contribution in [1.82, 2.24) is 0 Å². The number of hydrogen-bond acceptors (Lipinski definition) is 2. The summed E-state index contributed by atoms with van der Waals surface area (Å²) >= 11 is 3.48. The van der Waals surface area contributed by atoms with E-state index in [9.17, 15) is 5.11 Å². The molecule has 2 aromatic rings. The highest BCUT2D eigenvalue weighted by Crippen LogP contribution is 2.32. The smallest absolute Gasteiger partial charge is 0.141 e. The summed E-state index contributed by atoms with van der Waals surface area (Å²) in [5.41, 5.74) is 2.19. The summed E-state index contributed by atoms with van der Waals surface area (Å²) in [4.78, 5) is 0. The topological polar surface area (TPSA) is 29.5 Å².